The van der Waals surface area contributed by atoms with Crippen molar-refractivity contribution in [2.75, 3.05) is 6.61 Å². The van der Waals surface area contributed by atoms with Crippen LogP contribution in [0.25, 0.3) is 0 Å². The Morgan fingerprint density at radius 2 is 1.28 bits per heavy atom. The van der Waals surface area contributed by atoms with Gasteiger partial charge in [0.1, 0.15) is 17.3 Å². The molecule has 0 bridgehead atoms. The Hall–Kier alpha value is -2.38. The number of carbonyl (C=O) groups is 4. The standard InChI is InChI=1S/C31H54O8/c1-10-12-15-19-25(37-24(3)32)20-18-23-31(27(34)38-29(4,5)6,28(35)39-30(7,8)9)22-17-14-13-16-21-26(33)36-11-2/h10,25H,1,11-23H2,2-9H3. The molecule has 0 N–H and O–H groups in total. The van der Waals surface area contributed by atoms with Crippen molar-refractivity contribution >= 4 is 23.9 Å². The third-order valence-electron chi connectivity index (χ3n) is 6.02. The average Bonchev–Trinajstić information content (AvgIpc) is 2.77. The molecule has 0 amide bonds. The van der Waals surface area contributed by atoms with Gasteiger partial charge in [-0.2, -0.15) is 0 Å². The topological polar surface area (TPSA) is 105 Å². The Bertz CT molecular complexity index is 744. The Kier molecular flexibility index (Phi) is 17.0. The maximum Gasteiger partial charge on any atom is 0.324 e. The Morgan fingerprint density at radius 1 is 0.769 bits per heavy atom. The van der Waals surface area contributed by atoms with Crippen LogP contribution in [0.3, 0.4) is 0 Å². The molecule has 0 aromatic carbocycles. The largest absolute Gasteiger partial charge is 0.466 e. The fourth-order valence-electron chi connectivity index (χ4n) is 4.27. The van der Waals surface area contributed by atoms with E-state index in [9.17, 15) is 19.2 Å². The van der Waals surface area contributed by atoms with E-state index in [4.69, 9.17) is 18.9 Å². The molecule has 0 aliphatic carbocycles. The van der Waals surface area contributed by atoms with Gasteiger partial charge in [0.2, 0.25) is 0 Å². The summed E-state index contributed by atoms with van der Waals surface area (Å²) in [5, 5.41) is 0. The second-order valence-corrected chi connectivity index (χ2v) is 12.1. The van der Waals surface area contributed by atoms with Crippen LogP contribution in [0.2, 0.25) is 0 Å². The third-order valence-corrected chi connectivity index (χ3v) is 6.02. The van der Waals surface area contributed by atoms with E-state index in [2.05, 4.69) is 6.58 Å². The first-order chi connectivity index (χ1) is 18.1. The van der Waals surface area contributed by atoms with Crippen molar-refractivity contribution in [1.82, 2.24) is 0 Å². The molecule has 8 heteroatoms. The number of hydrogen-bond acceptors (Lipinski definition) is 8. The van der Waals surface area contributed by atoms with Crippen LogP contribution < -0.4 is 0 Å². The zero-order valence-corrected chi connectivity index (χ0v) is 25.8. The Balaban J connectivity index is 5.77. The minimum atomic E-state index is -1.48. The molecule has 0 saturated carbocycles. The zero-order valence-electron chi connectivity index (χ0n) is 25.8. The van der Waals surface area contributed by atoms with Crippen LogP contribution in [0.4, 0.5) is 0 Å². The lowest BCUT2D eigenvalue weighted by Crippen LogP contribution is -2.47. The van der Waals surface area contributed by atoms with Gasteiger partial charge in [0, 0.05) is 13.3 Å². The van der Waals surface area contributed by atoms with Gasteiger partial charge in [-0.15, -0.1) is 6.58 Å². The molecule has 1 unspecified atom stereocenters. The van der Waals surface area contributed by atoms with Crippen molar-refractivity contribution in [2.45, 2.75) is 150 Å². The van der Waals surface area contributed by atoms with Crippen LogP contribution in [-0.2, 0) is 38.1 Å². The van der Waals surface area contributed by atoms with E-state index in [1.807, 2.05) is 6.08 Å². The summed E-state index contributed by atoms with van der Waals surface area (Å²) in [5.74, 6) is -1.75. The summed E-state index contributed by atoms with van der Waals surface area (Å²) in [6, 6.07) is 0. The number of carbonyl (C=O) groups excluding carboxylic acids is 4. The van der Waals surface area contributed by atoms with Crippen molar-refractivity contribution in [2.24, 2.45) is 5.41 Å². The van der Waals surface area contributed by atoms with E-state index < -0.39 is 28.6 Å². The molecule has 39 heavy (non-hydrogen) atoms. The van der Waals surface area contributed by atoms with Crippen LogP contribution in [0, 0.1) is 5.41 Å². The maximum atomic E-state index is 13.7. The van der Waals surface area contributed by atoms with Crippen LogP contribution in [0.5, 0.6) is 0 Å². The van der Waals surface area contributed by atoms with E-state index in [1.165, 1.54) is 6.92 Å². The number of allylic oxidation sites excluding steroid dienone is 1. The number of rotatable bonds is 19. The highest BCUT2D eigenvalue weighted by Crippen LogP contribution is 2.38. The van der Waals surface area contributed by atoms with Crippen molar-refractivity contribution in [3.8, 4) is 0 Å². The minimum Gasteiger partial charge on any atom is -0.466 e. The minimum absolute atomic E-state index is 0.218. The highest BCUT2D eigenvalue weighted by Gasteiger charge is 2.50. The zero-order chi connectivity index (χ0) is 30.1. The van der Waals surface area contributed by atoms with Gasteiger partial charge in [-0.1, -0.05) is 25.3 Å². The maximum absolute atomic E-state index is 13.7. The molecule has 0 aromatic rings. The quantitative estimate of drug-likeness (QED) is 0.0551. The molecular formula is C31H54O8. The van der Waals surface area contributed by atoms with Crippen LogP contribution >= 0.6 is 0 Å². The summed E-state index contributed by atoms with van der Waals surface area (Å²) >= 11 is 0. The molecule has 0 saturated heterocycles. The molecule has 0 radical (unpaired) electrons. The smallest absolute Gasteiger partial charge is 0.324 e. The number of esters is 4. The lowest BCUT2D eigenvalue weighted by molar-refractivity contribution is -0.187. The van der Waals surface area contributed by atoms with Crippen LogP contribution in [0.15, 0.2) is 12.7 Å². The normalized spacial score (nSPS) is 12.8. The highest BCUT2D eigenvalue weighted by atomic mass is 16.6. The van der Waals surface area contributed by atoms with E-state index in [0.717, 1.165) is 25.7 Å². The van der Waals surface area contributed by atoms with Gasteiger partial charge >= 0.3 is 23.9 Å². The fourth-order valence-corrected chi connectivity index (χ4v) is 4.27. The summed E-state index contributed by atoms with van der Waals surface area (Å²) in [4.78, 5) is 50.6. The molecule has 226 valence electrons. The van der Waals surface area contributed by atoms with Gasteiger partial charge in [0.25, 0.3) is 0 Å². The van der Waals surface area contributed by atoms with Gasteiger partial charge in [-0.3, -0.25) is 19.2 Å². The van der Waals surface area contributed by atoms with Crippen molar-refractivity contribution in [3.05, 3.63) is 12.7 Å². The molecule has 1 atom stereocenters. The summed E-state index contributed by atoms with van der Waals surface area (Å²) < 4.78 is 22.1. The Morgan fingerprint density at radius 3 is 1.77 bits per heavy atom. The first-order valence-electron chi connectivity index (χ1n) is 14.5. The van der Waals surface area contributed by atoms with Gasteiger partial charge < -0.3 is 18.9 Å². The van der Waals surface area contributed by atoms with E-state index in [0.29, 0.717) is 45.1 Å². The predicted molar refractivity (Wildman–Crippen MR) is 152 cm³/mol. The second-order valence-electron chi connectivity index (χ2n) is 12.1. The van der Waals surface area contributed by atoms with Gasteiger partial charge in [-0.25, -0.2) is 0 Å². The van der Waals surface area contributed by atoms with Crippen molar-refractivity contribution in [3.63, 3.8) is 0 Å². The second kappa shape index (κ2) is 18.1. The lowest BCUT2D eigenvalue weighted by Gasteiger charge is -2.35. The Labute approximate surface area is 236 Å². The molecule has 0 spiro atoms. The van der Waals surface area contributed by atoms with Crippen molar-refractivity contribution in [1.29, 1.82) is 0 Å². The average molecular weight is 555 g/mol. The summed E-state index contributed by atoms with van der Waals surface area (Å²) in [5.41, 5.74) is -3.05. The molecule has 0 heterocycles. The number of unbranched alkanes of at least 4 members (excludes halogenated alkanes) is 4. The molecule has 8 nitrogen and oxygen atoms in total. The fraction of sp³-hybridized carbons (Fsp3) is 0.806. The van der Waals surface area contributed by atoms with E-state index in [-0.39, 0.29) is 30.9 Å². The molecule has 0 aromatic heterocycles. The third kappa shape index (κ3) is 17.0. The van der Waals surface area contributed by atoms with Gasteiger partial charge in [0.15, 0.2) is 5.41 Å². The lowest BCUT2D eigenvalue weighted by atomic mass is 9.77. The highest BCUT2D eigenvalue weighted by molar-refractivity contribution is 6.00. The predicted octanol–water partition coefficient (Wildman–Crippen LogP) is 7.02. The number of hydrogen-bond donors (Lipinski definition) is 0. The molecule has 0 fully saturated rings. The van der Waals surface area contributed by atoms with Gasteiger partial charge in [0.05, 0.1) is 6.61 Å². The van der Waals surface area contributed by atoms with E-state index >= 15 is 0 Å². The summed E-state index contributed by atoms with van der Waals surface area (Å²) in [7, 11) is 0. The number of ether oxygens (including phenoxy) is 4. The van der Waals surface area contributed by atoms with Gasteiger partial charge in [-0.05, 0) is 99.8 Å². The van der Waals surface area contributed by atoms with Crippen LogP contribution in [-0.4, -0.2) is 47.8 Å². The molecule has 0 aliphatic heterocycles. The summed E-state index contributed by atoms with van der Waals surface area (Å²) in [6.45, 7) is 17.9. The first-order valence-corrected chi connectivity index (χ1v) is 14.5. The van der Waals surface area contributed by atoms with Crippen molar-refractivity contribution < 1.29 is 38.1 Å². The summed E-state index contributed by atoms with van der Waals surface area (Å²) in [6.07, 6.45) is 8.46. The first kappa shape index (κ1) is 36.6. The monoisotopic (exact) mass is 554 g/mol. The molecule has 0 rings (SSSR count). The van der Waals surface area contributed by atoms with Crippen LogP contribution in [0.1, 0.15) is 132 Å². The van der Waals surface area contributed by atoms with E-state index in [1.54, 1.807) is 48.5 Å². The molecular weight excluding hydrogens is 500 g/mol. The SMILES string of the molecule is C=CCCCC(CCCC(CCCCCCC(=O)OCC)(C(=O)OC(C)(C)C)C(=O)OC(C)(C)C)OC(C)=O. The molecule has 0 aliphatic rings.